The van der Waals surface area contributed by atoms with Crippen molar-refractivity contribution in [2.45, 2.75) is 20.3 Å². The standard InChI is InChI=1S/C21H32N6O.HI/c1-3-22-21(24-10-11-26-12-14-27(15-13-26)17(2)28)23-9-8-18-16-25-20-7-5-4-6-19(18)20;/h4-7,16,25H,3,8-15H2,1-2H3,(H2,22,23,24);1H. The summed E-state index contributed by atoms with van der Waals surface area (Å²) >= 11 is 0. The maximum atomic E-state index is 11.4. The Bertz CT molecular complexity index is 797. The number of fused-ring (bicyclic) bond motifs is 1. The molecule has 7 nitrogen and oxygen atoms in total. The SMILES string of the molecule is CCNC(=NCCN1CCN(C(C)=O)CC1)NCCc1c[nH]c2ccccc12.I. The molecule has 1 aromatic heterocycles. The minimum atomic E-state index is 0. The summed E-state index contributed by atoms with van der Waals surface area (Å²) in [6.45, 7) is 10.6. The molecule has 0 spiro atoms. The first-order valence-corrected chi connectivity index (χ1v) is 10.2. The summed E-state index contributed by atoms with van der Waals surface area (Å²) in [5.41, 5.74) is 2.50. The Hall–Kier alpha value is -1.81. The zero-order valence-electron chi connectivity index (χ0n) is 17.4. The fourth-order valence-corrected chi connectivity index (χ4v) is 3.59. The number of hydrogen-bond acceptors (Lipinski definition) is 3. The molecule has 1 saturated heterocycles. The van der Waals surface area contributed by atoms with E-state index in [1.165, 1.54) is 16.5 Å². The molecule has 1 aliphatic heterocycles. The largest absolute Gasteiger partial charge is 0.361 e. The molecule has 0 aliphatic carbocycles. The maximum Gasteiger partial charge on any atom is 0.219 e. The second-order valence-corrected chi connectivity index (χ2v) is 7.14. The van der Waals surface area contributed by atoms with Gasteiger partial charge >= 0.3 is 0 Å². The van der Waals surface area contributed by atoms with Gasteiger partial charge in [-0.2, -0.15) is 0 Å². The molecule has 0 unspecified atom stereocenters. The lowest BCUT2D eigenvalue weighted by atomic mass is 10.1. The quantitative estimate of drug-likeness (QED) is 0.302. The van der Waals surface area contributed by atoms with Crippen molar-refractivity contribution in [2.75, 3.05) is 52.4 Å². The predicted octanol–water partition coefficient (Wildman–Crippen LogP) is 2.05. The number of carbonyl (C=O) groups excluding carboxylic acids is 1. The number of benzene rings is 1. The number of halogens is 1. The number of aliphatic imine (C=N–C) groups is 1. The van der Waals surface area contributed by atoms with E-state index in [1.54, 1.807) is 6.92 Å². The first-order chi connectivity index (χ1) is 13.7. The van der Waals surface area contributed by atoms with Crippen LogP contribution in [0, 0.1) is 0 Å². The minimum absolute atomic E-state index is 0. The fourth-order valence-electron chi connectivity index (χ4n) is 3.59. The highest BCUT2D eigenvalue weighted by Crippen LogP contribution is 2.17. The van der Waals surface area contributed by atoms with Crippen molar-refractivity contribution < 1.29 is 4.79 Å². The Morgan fingerprint density at radius 3 is 2.66 bits per heavy atom. The van der Waals surface area contributed by atoms with E-state index in [4.69, 9.17) is 4.99 Å². The molecular weight excluding hydrogens is 479 g/mol. The number of guanidine groups is 1. The number of nitrogens with one attached hydrogen (secondary N) is 3. The zero-order valence-corrected chi connectivity index (χ0v) is 19.7. The minimum Gasteiger partial charge on any atom is -0.361 e. The summed E-state index contributed by atoms with van der Waals surface area (Å²) in [5, 5.41) is 8.04. The van der Waals surface area contributed by atoms with Gasteiger partial charge in [0.2, 0.25) is 5.91 Å². The van der Waals surface area contributed by atoms with E-state index in [0.29, 0.717) is 0 Å². The molecule has 1 amide bonds. The average molecular weight is 512 g/mol. The number of aromatic nitrogens is 1. The molecule has 3 N–H and O–H groups in total. The number of hydrogen-bond donors (Lipinski definition) is 3. The van der Waals surface area contributed by atoms with Crippen molar-refractivity contribution >= 4 is 46.7 Å². The van der Waals surface area contributed by atoms with E-state index >= 15 is 0 Å². The molecule has 0 saturated carbocycles. The second kappa shape index (κ2) is 12.0. The molecule has 29 heavy (non-hydrogen) atoms. The lowest BCUT2D eigenvalue weighted by Crippen LogP contribution is -2.48. The number of carbonyl (C=O) groups is 1. The number of para-hydroxylation sites is 1. The summed E-state index contributed by atoms with van der Waals surface area (Å²) in [6.07, 6.45) is 3.04. The lowest BCUT2D eigenvalue weighted by Gasteiger charge is -2.33. The molecule has 0 atom stereocenters. The molecule has 8 heteroatoms. The van der Waals surface area contributed by atoms with E-state index in [2.05, 4.69) is 57.9 Å². The van der Waals surface area contributed by atoms with Gasteiger partial charge in [-0.1, -0.05) is 18.2 Å². The summed E-state index contributed by atoms with van der Waals surface area (Å²) in [5.74, 6) is 1.04. The monoisotopic (exact) mass is 512 g/mol. The average Bonchev–Trinajstić information content (AvgIpc) is 3.11. The summed E-state index contributed by atoms with van der Waals surface area (Å²) in [4.78, 5) is 23.7. The summed E-state index contributed by atoms with van der Waals surface area (Å²) in [6, 6.07) is 8.39. The molecule has 2 aromatic rings. The maximum absolute atomic E-state index is 11.4. The van der Waals surface area contributed by atoms with Gasteiger partial charge in [-0.3, -0.25) is 14.7 Å². The number of nitrogens with zero attached hydrogens (tertiary/aromatic N) is 3. The Kier molecular flexibility index (Phi) is 9.72. The summed E-state index contributed by atoms with van der Waals surface area (Å²) < 4.78 is 0. The van der Waals surface area contributed by atoms with E-state index in [0.717, 1.165) is 64.7 Å². The number of rotatable bonds is 7. The van der Waals surface area contributed by atoms with Crippen molar-refractivity contribution in [3.8, 4) is 0 Å². The van der Waals surface area contributed by atoms with Gasteiger partial charge in [-0.05, 0) is 25.0 Å². The van der Waals surface area contributed by atoms with Gasteiger partial charge in [0.15, 0.2) is 5.96 Å². The molecule has 1 aromatic carbocycles. The van der Waals surface area contributed by atoms with Crippen LogP contribution in [0.15, 0.2) is 35.5 Å². The van der Waals surface area contributed by atoms with Crippen LogP contribution >= 0.6 is 24.0 Å². The van der Waals surface area contributed by atoms with Crippen molar-refractivity contribution in [1.82, 2.24) is 25.4 Å². The van der Waals surface area contributed by atoms with Crippen molar-refractivity contribution in [3.63, 3.8) is 0 Å². The molecule has 0 bridgehead atoms. The van der Waals surface area contributed by atoms with Gasteiger partial charge in [-0.25, -0.2) is 0 Å². The zero-order chi connectivity index (χ0) is 19.8. The molecule has 160 valence electrons. The lowest BCUT2D eigenvalue weighted by molar-refractivity contribution is -0.130. The van der Waals surface area contributed by atoms with Crippen LogP contribution in [0.5, 0.6) is 0 Å². The highest BCUT2D eigenvalue weighted by atomic mass is 127. The van der Waals surface area contributed by atoms with Crippen LogP contribution in [-0.4, -0.2) is 79.0 Å². The van der Waals surface area contributed by atoms with Crippen molar-refractivity contribution in [2.24, 2.45) is 4.99 Å². The predicted molar refractivity (Wildman–Crippen MR) is 130 cm³/mol. The van der Waals surface area contributed by atoms with E-state index in [1.807, 2.05) is 4.90 Å². The number of amides is 1. The second-order valence-electron chi connectivity index (χ2n) is 7.14. The Balaban J connectivity index is 0.00000300. The van der Waals surface area contributed by atoms with Gasteiger partial charge in [0.05, 0.1) is 6.54 Å². The van der Waals surface area contributed by atoms with Crippen LogP contribution in [-0.2, 0) is 11.2 Å². The number of aromatic amines is 1. The van der Waals surface area contributed by atoms with Crippen LogP contribution < -0.4 is 10.6 Å². The number of H-pyrrole nitrogens is 1. The molecule has 0 radical (unpaired) electrons. The first kappa shape index (κ1) is 23.5. The highest BCUT2D eigenvalue weighted by molar-refractivity contribution is 14.0. The van der Waals surface area contributed by atoms with Crippen molar-refractivity contribution in [1.29, 1.82) is 0 Å². The molecule has 2 heterocycles. The van der Waals surface area contributed by atoms with Crippen LogP contribution in [0.3, 0.4) is 0 Å². The third kappa shape index (κ3) is 6.88. The normalized spacial score (nSPS) is 15.2. The first-order valence-electron chi connectivity index (χ1n) is 10.2. The Labute approximate surface area is 190 Å². The van der Waals surface area contributed by atoms with Crippen LogP contribution in [0.4, 0.5) is 0 Å². The highest BCUT2D eigenvalue weighted by Gasteiger charge is 2.17. The molecule has 3 rings (SSSR count). The van der Waals surface area contributed by atoms with Crippen molar-refractivity contribution in [3.05, 3.63) is 36.0 Å². The van der Waals surface area contributed by atoms with Gasteiger partial charge in [0.25, 0.3) is 0 Å². The van der Waals surface area contributed by atoms with Crippen LogP contribution in [0.25, 0.3) is 10.9 Å². The molecule has 1 aliphatic rings. The van der Waals surface area contributed by atoms with Crippen LogP contribution in [0.1, 0.15) is 19.4 Å². The Morgan fingerprint density at radius 2 is 1.93 bits per heavy atom. The van der Waals surface area contributed by atoms with Gasteiger partial charge in [0.1, 0.15) is 0 Å². The van der Waals surface area contributed by atoms with Gasteiger partial charge in [0, 0.05) is 69.8 Å². The Morgan fingerprint density at radius 1 is 1.17 bits per heavy atom. The van der Waals surface area contributed by atoms with Gasteiger partial charge in [-0.15, -0.1) is 24.0 Å². The van der Waals surface area contributed by atoms with Gasteiger partial charge < -0.3 is 20.5 Å². The molecular formula is C21H33IN6O. The third-order valence-electron chi connectivity index (χ3n) is 5.21. The van der Waals surface area contributed by atoms with E-state index < -0.39 is 0 Å². The fraction of sp³-hybridized carbons (Fsp3) is 0.524. The molecule has 1 fully saturated rings. The van der Waals surface area contributed by atoms with E-state index in [9.17, 15) is 4.79 Å². The smallest absolute Gasteiger partial charge is 0.219 e. The van der Waals surface area contributed by atoms with Crippen LogP contribution in [0.2, 0.25) is 0 Å². The topological polar surface area (TPSA) is 75.8 Å². The third-order valence-corrected chi connectivity index (χ3v) is 5.21. The van der Waals surface area contributed by atoms with E-state index in [-0.39, 0.29) is 29.9 Å². The summed E-state index contributed by atoms with van der Waals surface area (Å²) in [7, 11) is 0. The number of piperazine rings is 1.